The Morgan fingerprint density at radius 2 is 1.85 bits per heavy atom. The molecule has 0 N–H and O–H groups in total. The van der Waals surface area contributed by atoms with Gasteiger partial charge >= 0.3 is 5.97 Å². The highest BCUT2D eigenvalue weighted by Gasteiger charge is 2.21. The minimum atomic E-state index is -0.195. The minimum Gasteiger partial charge on any atom is -0.494 e. The van der Waals surface area contributed by atoms with Crippen LogP contribution in [0.5, 0.6) is 5.75 Å². The van der Waals surface area contributed by atoms with Crippen molar-refractivity contribution >= 4 is 11.9 Å². The number of para-hydroxylation sites is 1. The second kappa shape index (κ2) is 10.8. The van der Waals surface area contributed by atoms with Crippen molar-refractivity contribution in [3.8, 4) is 5.75 Å². The molecule has 1 aliphatic rings. The molecule has 6 heteroatoms. The maximum absolute atomic E-state index is 12.6. The molecule has 1 aromatic rings. The van der Waals surface area contributed by atoms with Crippen molar-refractivity contribution in [3.05, 3.63) is 29.8 Å². The van der Waals surface area contributed by atoms with Crippen LogP contribution >= 0.6 is 0 Å². The third-order valence-electron chi connectivity index (χ3n) is 4.48. The Bertz CT molecular complexity index is 591. The summed E-state index contributed by atoms with van der Waals surface area (Å²) in [4.78, 5) is 28.2. The van der Waals surface area contributed by atoms with E-state index in [0.717, 1.165) is 30.8 Å². The van der Waals surface area contributed by atoms with Crippen LogP contribution in [0.1, 0.15) is 32.3 Å². The SMILES string of the molecule is CCOC(=O)CN1CCCN(C(=O)CCc2ccccc2OCC)CC1. The highest BCUT2D eigenvalue weighted by Crippen LogP contribution is 2.20. The molecule has 0 aromatic heterocycles. The van der Waals surface area contributed by atoms with Crippen molar-refractivity contribution in [2.24, 2.45) is 0 Å². The van der Waals surface area contributed by atoms with E-state index in [4.69, 9.17) is 9.47 Å². The summed E-state index contributed by atoms with van der Waals surface area (Å²) in [6, 6.07) is 7.88. The Morgan fingerprint density at radius 1 is 1.04 bits per heavy atom. The molecule has 0 bridgehead atoms. The third kappa shape index (κ3) is 6.33. The van der Waals surface area contributed by atoms with E-state index in [-0.39, 0.29) is 11.9 Å². The molecule has 1 amide bonds. The number of esters is 1. The molecular formula is C20H30N2O4. The van der Waals surface area contributed by atoms with E-state index < -0.39 is 0 Å². The molecule has 0 unspecified atom stereocenters. The van der Waals surface area contributed by atoms with Gasteiger partial charge < -0.3 is 14.4 Å². The molecule has 0 spiro atoms. The van der Waals surface area contributed by atoms with Gasteiger partial charge in [-0.1, -0.05) is 18.2 Å². The first-order valence-electron chi connectivity index (χ1n) is 9.50. The van der Waals surface area contributed by atoms with Gasteiger partial charge in [-0.15, -0.1) is 0 Å². The first-order valence-corrected chi connectivity index (χ1v) is 9.50. The number of rotatable bonds is 8. The lowest BCUT2D eigenvalue weighted by Crippen LogP contribution is -2.37. The van der Waals surface area contributed by atoms with Gasteiger partial charge in [0, 0.05) is 32.6 Å². The standard InChI is InChI=1S/C20H30N2O4/c1-3-25-18-9-6-5-8-17(18)10-11-19(23)22-13-7-12-21(14-15-22)16-20(24)26-4-2/h5-6,8-9H,3-4,7,10-16H2,1-2H3. The summed E-state index contributed by atoms with van der Waals surface area (Å²) in [5, 5.41) is 0. The average molecular weight is 362 g/mol. The second-order valence-electron chi connectivity index (χ2n) is 6.36. The number of carbonyl (C=O) groups excluding carboxylic acids is 2. The zero-order valence-corrected chi connectivity index (χ0v) is 15.9. The summed E-state index contributed by atoms with van der Waals surface area (Å²) in [7, 11) is 0. The van der Waals surface area contributed by atoms with Crippen LogP contribution in [0.25, 0.3) is 0 Å². The molecule has 1 fully saturated rings. The van der Waals surface area contributed by atoms with Gasteiger partial charge in [-0.05, 0) is 38.3 Å². The van der Waals surface area contributed by atoms with Crippen molar-refractivity contribution in [2.45, 2.75) is 33.1 Å². The number of ether oxygens (including phenoxy) is 2. The van der Waals surface area contributed by atoms with E-state index in [9.17, 15) is 9.59 Å². The van der Waals surface area contributed by atoms with Crippen LogP contribution in [0.2, 0.25) is 0 Å². The molecule has 1 aromatic carbocycles. The Labute approximate surface area is 156 Å². The van der Waals surface area contributed by atoms with Gasteiger partial charge in [0.2, 0.25) is 5.91 Å². The number of hydrogen-bond acceptors (Lipinski definition) is 5. The van der Waals surface area contributed by atoms with Gasteiger partial charge in [0.15, 0.2) is 0 Å². The average Bonchev–Trinajstić information content (AvgIpc) is 2.87. The predicted octanol–water partition coefficient (Wildman–Crippen LogP) is 2.12. The lowest BCUT2D eigenvalue weighted by molar-refractivity contribution is -0.144. The van der Waals surface area contributed by atoms with Crippen LogP contribution in [0.15, 0.2) is 24.3 Å². The maximum atomic E-state index is 12.6. The molecule has 144 valence electrons. The van der Waals surface area contributed by atoms with Gasteiger partial charge in [0.05, 0.1) is 19.8 Å². The number of benzene rings is 1. The van der Waals surface area contributed by atoms with Crippen LogP contribution in [0, 0.1) is 0 Å². The molecule has 0 atom stereocenters. The number of carbonyl (C=O) groups is 2. The summed E-state index contributed by atoms with van der Waals surface area (Å²) in [5.74, 6) is 0.827. The van der Waals surface area contributed by atoms with E-state index >= 15 is 0 Å². The van der Waals surface area contributed by atoms with Crippen molar-refractivity contribution in [1.29, 1.82) is 0 Å². The molecule has 2 rings (SSSR count). The quantitative estimate of drug-likeness (QED) is 0.663. The zero-order chi connectivity index (χ0) is 18.8. The fourth-order valence-electron chi connectivity index (χ4n) is 3.17. The number of nitrogens with zero attached hydrogens (tertiary/aromatic N) is 2. The van der Waals surface area contributed by atoms with Crippen molar-refractivity contribution in [1.82, 2.24) is 9.80 Å². The van der Waals surface area contributed by atoms with E-state index in [0.29, 0.717) is 45.7 Å². The minimum absolute atomic E-state index is 0.161. The van der Waals surface area contributed by atoms with Crippen molar-refractivity contribution in [2.75, 3.05) is 45.9 Å². The van der Waals surface area contributed by atoms with Crippen LogP contribution in [0.4, 0.5) is 0 Å². The Hall–Kier alpha value is -2.08. The molecule has 1 saturated heterocycles. The fraction of sp³-hybridized carbons (Fsp3) is 0.600. The Balaban J connectivity index is 1.82. The van der Waals surface area contributed by atoms with Crippen molar-refractivity contribution < 1.29 is 19.1 Å². The summed E-state index contributed by atoms with van der Waals surface area (Å²) in [5.41, 5.74) is 1.07. The third-order valence-corrected chi connectivity index (χ3v) is 4.48. The lowest BCUT2D eigenvalue weighted by atomic mass is 10.1. The molecule has 6 nitrogen and oxygen atoms in total. The van der Waals surface area contributed by atoms with Crippen molar-refractivity contribution in [3.63, 3.8) is 0 Å². The Kier molecular flexibility index (Phi) is 8.41. The van der Waals surface area contributed by atoms with Gasteiger partial charge in [-0.3, -0.25) is 14.5 Å². The first kappa shape index (κ1) is 20.2. The van der Waals surface area contributed by atoms with Gasteiger partial charge in [-0.2, -0.15) is 0 Å². The first-order chi connectivity index (χ1) is 12.6. The van der Waals surface area contributed by atoms with E-state index in [2.05, 4.69) is 4.90 Å². The number of aryl methyl sites for hydroxylation is 1. The van der Waals surface area contributed by atoms with Crippen LogP contribution in [-0.2, 0) is 20.7 Å². The van der Waals surface area contributed by atoms with Crippen LogP contribution in [0.3, 0.4) is 0 Å². The molecule has 0 radical (unpaired) electrons. The van der Waals surface area contributed by atoms with E-state index in [1.54, 1.807) is 0 Å². The molecule has 0 saturated carbocycles. The maximum Gasteiger partial charge on any atom is 0.320 e. The topological polar surface area (TPSA) is 59.1 Å². The summed E-state index contributed by atoms with van der Waals surface area (Å²) < 4.78 is 10.6. The van der Waals surface area contributed by atoms with Crippen LogP contribution in [-0.4, -0.2) is 67.6 Å². The summed E-state index contributed by atoms with van der Waals surface area (Å²) in [6.45, 7) is 8.02. The predicted molar refractivity (Wildman–Crippen MR) is 100 cm³/mol. The molecule has 26 heavy (non-hydrogen) atoms. The Morgan fingerprint density at radius 3 is 2.62 bits per heavy atom. The van der Waals surface area contributed by atoms with Gasteiger partial charge in [0.25, 0.3) is 0 Å². The van der Waals surface area contributed by atoms with Gasteiger partial charge in [-0.25, -0.2) is 0 Å². The van der Waals surface area contributed by atoms with E-state index in [1.165, 1.54) is 0 Å². The fourth-order valence-corrected chi connectivity index (χ4v) is 3.17. The highest BCUT2D eigenvalue weighted by molar-refractivity contribution is 5.76. The zero-order valence-electron chi connectivity index (χ0n) is 15.9. The number of hydrogen-bond donors (Lipinski definition) is 0. The monoisotopic (exact) mass is 362 g/mol. The summed E-state index contributed by atoms with van der Waals surface area (Å²) >= 11 is 0. The molecule has 1 aliphatic heterocycles. The molecule has 1 heterocycles. The van der Waals surface area contributed by atoms with Gasteiger partial charge in [0.1, 0.15) is 5.75 Å². The largest absolute Gasteiger partial charge is 0.494 e. The number of amides is 1. The summed E-state index contributed by atoms with van der Waals surface area (Å²) in [6.07, 6.45) is 2.03. The highest BCUT2D eigenvalue weighted by atomic mass is 16.5. The molecular weight excluding hydrogens is 332 g/mol. The van der Waals surface area contributed by atoms with E-state index in [1.807, 2.05) is 43.0 Å². The molecule has 0 aliphatic carbocycles. The van der Waals surface area contributed by atoms with Crippen LogP contribution < -0.4 is 4.74 Å². The lowest BCUT2D eigenvalue weighted by Gasteiger charge is -2.21. The smallest absolute Gasteiger partial charge is 0.320 e. The normalized spacial score (nSPS) is 15.4. The second-order valence-corrected chi connectivity index (χ2v) is 6.36.